The van der Waals surface area contributed by atoms with E-state index in [1.165, 1.54) is 0 Å². The number of Topliss-reactive ketones (excluding diaryl/α,β-unsaturated/α-hetero) is 1. The van der Waals surface area contributed by atoms with Crippen molar-refractivity contribution < 1.29 is 19.4 Å². The third-order valence-corrected chi connectivity index (χ3v) is 5.73. The van der Waals surface area contributed by atoms with Crippen molar-refractivity contribution in [3.63, 3.8) is 0 Å². The largest absolute Gasteiger partial charge is 0.507 e. The number of carbonyl (C=O) groups is 2. The molecule has 0 aromatic heterocycles. The van der Waals surface area contributed by atoms with Crippen LogP contribution in [0.5, 0.6) is 0 Å². The van der Waals surface area contributed by atoms with E-state index in [-0.39, 0.29) is 16.6 Å². The van der Waals surface area contributed by atoms with E-state index in [0.717, 1.165) is 11.1 Å². The van der Waals surface area contributed by atoms with Gasteiger partial charge in [-0.05, 0) is 17.4 Å². The highest BCUT2D eigenvalue weighted by Crippen LogP contribution is 2.34. The SMILES string of the molecule is CSC(C)CC1OC(=O)C(C(=O)C(c2ccccc2)c2ccccc2)=C1O. The van der Waals surface area contributed by atoms with Crippen LogP contribution in [0.25, 0.3) is 0 Å². The van der Waals surface area contributed by atoms with E-state index in [1.54, 1.807) is 11.8 Å². The molecule has 2 aromatic rings. The Balaban J connectivity index is 2.00. The average Bonchev–Trinajstić information content (AvgIpc) is 2.96. The first-order valence-corrected chi connectivity index (χ1v) is 10.1. The second kappa shape index (κ2) is 8.44. The van der Waals surface area contributed by atoms with Crippen molar-refractivity contribution in [2.24, 2.45) is 0 Å². The van der Waals surface area contributed by atoms with E-state index in [4.69, 9.17) is 4.74 Å². The van der Waals surface area contributed by atoms with Gasteiger partial charge in [-0.25, -0.2) is 4.79 Å². The summed E-state index contributed by atoms with van der Waals surface area (Å²) in [5, 5.41) is 10.8. The lowest BCUT2D eigenvalue weighted by atomic mass is 9.84. The molecule has 1 N–H and O–H groups in total. The van der Waals surface area contributed by atoms with Crippen LogP contribution in [0.15, 0.2) is 72.0 Å². The molecule has 1 aliphatic rings. The number of aliphatic hydroxyl groups is 1. The van der Waals surface area contributed by atoms with Gasteiger partial charge in [-0.2, -0.15) is 11.8 Å². The summed E-state index contributed by atoms with van der Waals surface area (Å²) in [5.74, 6) is -2.10. The lowest BCUT2D eigenvalue weighted by Crippen LogP contribution is -2.20. The Bertz CT molecular complexity index is 806. The molecule has 0 bridgehead atoms. The monoisotopic (exact) mass is 382 g/mol. The van der Waals surface area contributed by atoms with Crippen LogP contribution in [0.2, 0.25) is 0 Å². The van der Waals surface area contributed by atoms with E-state index in [0.29, 0.717) is 6.42 Å². The molecule has 0 saturated carbocycles. The highest BCUT2D eigenvalue weighted by atomic mass is 32.2. The topological polar surface area (TPSA) is 63.6 Å². The van der Waals surface area contributed by atoms with Crippen molar-refractivity contribution in [2.45, 2.75) is 30.6 Å². The van der Waals surface area contributed by atoms with E-state index in [2.05, 4.69) is 0 Å². The fraction of sp³-hybridized carbons (Fsp3) is 0.273. The average molecular weight is 382 g/mol. The fourth-order valence-corrected chi connectivity index (χ4v) is 3.59. The zero-order valence-electron chi connectivity index (χ0n) is 15.3. The fourth-order valence-electron chi connectivity index (χ4n) is 3.22. The Kier molecular flexibility index (Phi) is 6.01. The molecule has 4 nitrogen and oxygen atoms in total. The quantitative estimate of drug-likeness (QED) is 0.572. The van der Waals surface area contributed by atoms with Crippen LogP contribution in [0.3, 0.4) is 0 Å². The molecule has 2 unspecified atom stereocenters. The van der Waals surface area contributed by atoms with Crippen molar-refractivity contribution >= 4 is 23.5 Å². The number of benzene rings is 2. The molecule has 2 aromatic carbocycles. The van der Waals surface area contributed by atoms with Crippen molar-refractivity contribution in [3.05, 3.63) is 83.1 Å². The van der Waals surface area contributed by atoms with Gasteiger partial charge in [0.05, 0.1) is 5.92 Å². The molecule has 0 saturated heterocycles. The Morgan fingerprint density at radius 1 is 1.07 bits per heavy atom. The van der Waals surface area contributed by atoms with Crippen molar-refractivity contribution in [1.82, 2.24) is 0 Å². The molecule has 27 heavy (non-hydrogen) atoms. The van der Waals surface area contributed by atoms with E-state index < -0.39 is 23.8 Å². The van der Waals surface area contributed by atoms with Gasteiger partial charge in [0.15, 0.2) is 17.6 Å². The van der Waals surface area contributed by atoms with Gasteiger partial charge in [-0.3, -0.25) is 4.79 Å². The molecule has 0 aliphatic carbocycles. The Hall–Kier alpha value is -2.53. The Labute approximate surface area is 163 Å². The number of hydrogen-bond donors (Lipinski definition) is 1. The number of carbonyl (C=O) groups excluding carboxylic acids is 2. The van der Waals surface area contributed by atoms with Crippen LogP contribution >= 0.6 is 11.8 Å². The molecular weight excluding hydrogens is 360 g/mol. The molecule has 0 fully saturated rings. The normalized spacial score (nSPS) is 17.9. The highest BCUT2D eigenvalue weighted by molar-refractivity contribution is 7.99. The lowest BCUT2D eigenvalue weighted by molar-refractivity contribution is -0.141. The van der Waals surface area contributed by atoms with Crippen LogP contribution in [0.4, 0.5) is 0 Å². The van der Waals surface area contributed by atoms with Gasteiger partial charge < -0.3 is 9.84 Å². The minimum atomic E-state index is -0.758. The Morgan fingerprint density at radius 2 is 1.59 bits per heavy atom. The third-order valence-electron chi connectivity index (χ3n) is 4.74. The molecule has 1 heterocycles. The zero-order chi connectivity index (χ0) is 19.4. The number of thioether (sulfide) groups is 1. The number of ether oxygens (including phenoxy) is 1. The molecule has 0 radical (unpaired) electrons. The van der Waals surface area contributed by atoms with Gasteiger partial charge in [0, 0.05) is 11.7 Å². The van der Waals surface area contributed by atoms with Gasteiger partial charge in [-0.15, -0.1) is 0 Å². The second-order valence-electron chi connectivity index (χ2n) is 6.55. The predicted molar refractivity (Wildman–Crippen MR) is 107 cm³/mol. The highest BCUT2D eigenvalue weighted by Gasteiger charge is 2.41. The number of aliphatic hydroxyl groups excluding tert-OH is 1. The summed E-state index contributed by atoms with van der Waals surface area (Å²) in [6, 6.07) is 18.5. The predicted octanol–water partition coefficient (Wildman–Crippen LogP) is 4.27. The summed E-state index contributed by atoms with van der Waals surface area (Å²) in [6.07, 6.45) is 1.66. The molecule has 0 spiro atoms. The first-order valence-electron chi connectivity index (χ1n) is 8.84. The van der Waals surface area contributed by atoms with Gasteiger partial charge in [0.25, 0.3) is 0 Å². The molecule has 140 valence electrons. The zero-order valence-corrected chi connectivity index (χ0v) is 16.1. The maximum Gasteiger partial charge on any atom is 0.346 e. The van der Waals surface area contributed by atoms with Gasteiger partial charge >= 0.3 is 5.97 Å². The van der Waals surface area contributed by atoms with Gasteiger partial charge in [0.1, 0.15) is 5.57 Å². The van der Waals surface area contributed by atoms with Gasteiger partial charge in [-0.1, -0.05) is 67.6 Å². The number of cyclic esters (lactones) is 1. The van der Waals surface area contributed by atoms with Crippen LogP contribution < -0.4 is 0 Å². The smallest absolute Gasteiger partial charge is 0.346 e. The van der Waals surface area contributed by atoms with E-state index in [1.807, 2.05) is 73.8 Å². The van der Waals surface area contributed by atoms with E-state index >= 15 is 0 Å². The minimum absolute atomic E-state index is 0.193. The van der Waals surface area contributed by atoms with Crippen LogP contribution in [0, 0.1) is 0 Å². The number of ketones is 1. The molecule has 2 atom stereocenters. The third kappa shape index (κ3) is 4.08. The maximum atomic E-state index is 13.3. The number of rotatable bonds is 7. The Morgan fingerprint density at radius 3 is 2.07 bits per heavy atom. The molecule has 5 heteroatoms. The summed E-state index contributed by atoms with van der Waals surface area (Å²) in [5.41, 5.74) is 1.30. The summed E-state index contributed by atoms with van der Waals surface area (Å²) in [7, 11) is 0. The summed E-state index contributed by atoms with van der Waals surface area (Å²) in [6.45, 7) is 1.99. The van der Waals surface area contributed by atoms with Crippen LogP contribution in [-0.4, -0.2) is 34.5 Å². The summed E-state index contributed by atoms with van der Waals surface area (Å²) >= 11 is 1.61. The van der Waals surface area contributed by atoms with Crippen LogP contribution in [0.1, 0.15) is 30.4 Å². The van der Waals surface area contributed by atoms with Crippen molar-refractivity contribution in [3.8, 4) is 0 Å². The molecule has 0 amide bonds. The first kappa shape index (κ1) is 19.2. The minimum Gasteiger partial charge on any atom is -0.507 e. The maximum absolute atomic E-state index is 13.3. The van der Waals surface area contributed by atoms with Gasteiger partial charge in [0.2, 0.25) is 0 Å². The number of hydrogen-bond acceptors (Lipinski definition) is 5. The van der Waals surface area contributed by atoms with E-state index in [9.17, 15) is 14.7 Å². The summed E-state index contributed by atoms with van der Waals surface area (Å²) in [4.78, 5) is 25.7. The second-order valence-corrected chi connectivity index (χ2v) is 7.83. The van der Waals surface area contributed by atoms with Crippen molar-refractivity contribution in [1.29, 1.82) is 0 Å². The lowest BCUT2D eigenvalue weighted by Gasteiger charge is -2.16. The number of esters is 1. The summed E-state index contributed by atoms with van der Waals surface area (Å²) < 4.78 is 5.30. The van der Waals surface area contributed by atoms with Crippen LogP contribution in [-0.2, 0) is 14.3 Å². The first-order chi connectivity index (χ1) is 13.0. The molecule has 3 rings (SSSR count). The standard InChI is InChI=1S/C22H22O4S/c1-14(27-2)13-17-20(23)19(22(25)26-17)21(24)18(15-9-5-3-6-10-15)16-11-7-4-8-12-16/h3-12,14,17-18,23H,13H2,1-2H3. The molecule has 1 aliphatic heterocycles. The molecular formula is C22H22O4S. The van der Waals surface area contributed by atoms with Crippen molar-refractivity contribution in [2.75, 3.05) is 6.26 Å².